The van der Waals surface area contributed by atoms with Crippen molar-refractivity contribution in [1.29, 1.82) is 0 Å². The minimum absolute atomic E-state index is 0. The third kappa shape index (κ3) is 3.58. The number of nitrogens with zero attached hydrogens (tertiary/aromatic N) is 1. The van der Waals surface area contributed by atoms with Crippen LogP contribution < -0.4 is 10.1 Å². The number of benzene rings is 1. The summed E-state index contributed by atoms with van der Waals surface area (Å²) in [4.78, 5) is 13.9. The molecule has 1 N–H and O–H groups in total. The maximum absolute atomic E-state index is 13.4. The van der Waals surface area contributed by atoms with Crippen LogP contribution in [0.3, 0.4) is 0 Å². The Kier molecular flexibility index (Phi) is 6.41. The quantitative estimate of drug-likeness (QED) is 0.846. The molecule has 24 heavy (non-hydrogen) atoms. The average molecular weight is 387 g/mol. The zero-order chi connectivity index (χ0) is 16.1. The predicted octanol–water partition coefficient (Wildman–Crippen LogP) is 3.44. The number of piperazine rings is 1. The van der Waals surface area contributed by atoms with Gasteiger partial charge in [0.05, 0.1) is 23.3 Å². The Labute approximate surface area is 150 Å². The number of amides is 1. The Bertz CT molecular complexity index is 623. The Morgan fingerprint density at radius 2 is 1.96 bits per heavy atom. The van der Waals surface area contributed by atoms with Crippen LogP contribution in [0.15, 0.2) is 12.1 Å². The van der Waals surface area contributed by atoms with E-state index in [-0.39, 0.29) is 48.3 Å². The predicted molar refractivity (Wildman–Crippen MR) is 88.4 cm³/mol. The van der Waals surface area contributed by atoms with E-state index in [0.29, 0.717) is 25.2 Å². The Morgan fingerprint density at radius 3 is 2.54 bits per heavy atom. The molecule has 2 aliphatic heterocycles. The molecule has 136 valence electrons. The summed E-state index contributed by atoms with van der Waals surface area (Å²) >= 11 is 0. The van der Waals surface area contributed by atoms with E-state index in [2.05, 4.69) is 5.32 Å². The molecule has 0 aromatic heterocycles. The zero-order valence-electron chi connectivity index (χ0n) is 13.1. The highest BCUT2D eigenvalue weighted by molar-refractivity contribution is 6.01. The van der Waals surface area contributed by atoms with Gasteiger partial charge in [-0.25, -0.2) is 0 Å². The minimum atomic E-state index is -4.59. The summed E-state index contributed by atoms with van der Waals surface area (Å²) in [6.07, 6.45) is -4.82. The first-order valence-corrected chi connectivity index (χ1v) is 7.22. The molecule has 0 bridgehead atoms. The van der Waals surface area contributed by atoms with E-state index in [0.717, 1.165) is 6.07 Å². The van der Waals surface area contributed by atoms with E-state index in [4.69, 9.17) is 4.74 Å². The third-order valence-corrected chi connectivity index (χ3v) is 3.90. The maximum Gasteiger partial charge on any atom is 0.417 e. The van der Waals surface area contributed by atoms with Crippen molar-refractivity contribution in [2.45, 2.75) is 32.2 Å². The van der Waals surface area contributed by atoms with E-state index in [9.17, 15) is 18.0 Å². The van der Waals surface area contributed by atoms with E-state index in [1.165, 1.54) is 4.90 Å². The number of fused-ring (bicyclic) bond motifs is 3. The van der Waals surface area contributed by atoms with Crippen LogP contribution in [-0.4, -0.2) is 36.5 Å². The molecule has 0 spiro atoms. The summed E-state index contributed by atoms with van der Waals surface area (Å²) < 4.78 is 45.5. The summed E-state index contributed by atoms with van der Waals surface area (Å²) in [6.45, 7) is 4.96. The lowest BCUT2D eigenvalue weighted by atomic mass is 9.98. The van der Waals surface area contributed by atoms with Crippen LogP contribution in [0.25, 0.3) is 0 Å². The fraction of sp³-hybridized carbons (Fsp3) is 0.533. The molecular formula is C15H19Cl2F3N2O2. The summed E-state index contributed by atoms with van der Waals surface area (Å²) in [6, 6.07) is 2.15. The van der Waals surface area contributed by atoms with Crippen LogP contribution in [0.1, 0.15) is 41.4 Å². The number of hydrogen-bond acceptors (Lipinski definition) is 3. The largest absolute Gasteiger partial charge is 0.491 e. The molecule has 2 heterocycles. The zero-order valence-corrected chi connectivity index (χ0v) is 14.8. The SMILES string of the molecule is CC(C)Oc1cc2c(c(C(F)(F)F)c1)C(=O)N1CCNC[C@@H]21.Cl.Cl. The number of ether oxygens (including phenoxy) is 1. The van der Waals surface area contributed by atoms with Gasteiger partial charge in [-0.1, -0.05) is 0 Å². The van der Waals surface area contributed by atoms with Crippen LogP contribution in [-0.2, 0) is 6.18 Å². The lowest BCUT2D eigenvalue weighted by molar-refractivity contribution is -0.138. The van der Waals surface area contributed by atoms with Gasteiger partial charge in [0.1, 0.15) is 5.75 Å². The fourth-order valence-corrected chi connectivity index (χ4v) is 3.07. The van der Waals surface area contributed by atoms with Crippen LogP contribution >= 0.6 is 24.8 Å². The van der Waals surface area contributed by atoms with Crippen molar-refractivity contribution in [1.82, 2.24) is 10.2 Å². The van der Waals surface area contributed by atoms with Gasteiger partial charge in [0.2, 0.25) is 0 Å². The lowest BCUT2D eigenvalue weighted by Gasteiger charge is -2.30. The topological polar surface area (TPSA) is 41.6 Å². The number of nitrogens with one attached hydrogen (secondary N) is 1. The van der Waals surface area contributed by atoms with Crippen molar-refractivity contribution in [2.24, 2.45) is 0 Å². The van der Waals surface area contributed by atoms with Crippen molar-refractivity contribution in [3.8, 4) is 5.75 Å². The molecule has 1 atom stereocenters. The van der Waals surface area contributed by atoms with Gasteiger partial charge in [-0.05, 0) is 31.5 Å². The second-order valence-electron chi connectivity index (χ2n) is 5.82. The molecule has 0 unspecified atom stereocenters. The molecule has 1 aromatic rings. The summed E-state index contributed by atoms with van der Waals surface area (Å²) in [5, 5.41) is 3.12. The molecule has 4 nitrogen and oxygen atoms in total. The first kappa shape index (κ1) is 20.9. The number of hydrogen-bond donors (Lipinski definition) is 1. The van der Waals surface area contributed by atoms with Crippen LogP contribution in [0.2, 0.25) is 0 Å². The fourth-order valence-electron chi connectivity index (χ4n) is 3.07. The molecule has 2 aliphatic rings. The van der Waals surface area contributed by atoms with E-state index in [1.807, 2.05) is 0 Å². The Hall–Kier alpha value is -1.18. The van der Waals surface area contributed by atoms with E-state index >= 15 is 0 Å². The molecule has 9 heteroatoms. The van der Waals surface area contributed by atoms with Crippen molar-refractivity contribution < 1.29 is 22.7 Å². The smallest absolute Gasteiger partial charge is 0.417 e. The van der Waals surface area contributed by atoms with Crippen molar-refractivity contribution >= 4 is 30.7 Å². The number of halogens is 5. The van der Waals surface area contributed by atoms with Crippen LogP contribution in [0.5, 0.6) is 5.75 Å². The van der Waals surface area contributed by atoms with Gasteiger partial charge in [0.25, 0.3) is 5.91 Å². The molecule has 1 aromatic carbocycles. The van der Waals surface area contributed by atoms with E-state index < -0.39 is 17.6 Å². The van der Waals surface area contributed by atoms with Gasteiger partial charge in [0, 0.05) is 19.6 Å². The monoisotopic (exact) mass is 386 g/mol. The minimum Gasteiger partial charge on any atom is -0.491 e. The van der Waals surface area contributed by atoms with Crippen molar-refractivity contribution in [3.63, 3.8) is 0 Å². The molecule has 0 radical (unpaired) electrons. The highest BCUT2D eigenvalue weighted by Crippen LogP contribution is 2.44. The van der Waals surface area contributed by atoms with Gasteiger partial charge >= 0.3 is 6.18 Å². The van der Waals surface area contributed by atoms with E-state index in [1.54, 1.807) is 19.9 Å². The Morgan fingerprint density at radius 1 is 1.29 bits per heavy atom. The Balaban J connectivity index is 0.00000144. The number of carbonyl (C=O) groups is 1. The van der Waals surface area contributed by atoms with Gasteiger partial charge in [-0.3, -0.25) is 4.79 Å². The lowest BCUT2D eigenvalue weighted by Crippen LogP contribution is -2.44. The number of carbonyl (C=O) groups excluding carboxylic acids is 1. The molecule has 0 saturated carbocycles. The van der Waals surface area contributed by atoms with Gasteiger partial charge in [-0.15, -0.1) is 24.8 Å². The summed E-state index contributed by atoms with van der Waals surface area (Å²) in [5.74, 6) is -0.383. The summed E-state index contributed by atoms with van der Waals surface area (Å²) in [5.41, 5.74) is -0.722. The van der Waals surface area contributed by atoms with Crippen LogP contribution in [0.4, 0.5) is 13.2 Å². The summed E-state index contributed by atoms with van der Waals surface area (Å²) in [7, 11) is 0. The average Bonchev–Trinajstić information content (AvgIpc) is 2.71. The molecule has 1 saturated heterocycles. The second kappa shape index (κ2) is 7.37. The first-order valence-electron chi connectivity index (χ1n) is 7.22. The standard InChI is InChI=1S/C15H17F3N2O2.2ClH/c1-8(2)22-9-5-10-12-7-19-3-4-20(12)14(21)13(10)11(6-9)15(16,17)18;;/h5-6,8,12,19H,3-4,7H2,1-2H3;2*1H/t12-;;/m0../s1. The maximum atomic E-state index is 13.4. The third-order valence-electron chi connectivity index (χ3n) is 3.90. The number of alkyl halides is 3. The van der Waals surface area contributed by atoms with Gasteiger partial charge in [-0.2, -0.15) is 13.2 Å². The van der Waals surface area contributed by atoms with Crippen molar-refractivity contribution in [3.05, 3.63) is 28.8 Å². The second-order valence-corrected chi connectivity index (χ2v) is 5.82. The van der Waals surface area contributed by atoms with Gasteiger partial charge < -0.3 is 15.0 Å². The first-order chi connectivity index (χ1) is 10.3. The highest BCUT2D eigenvalue weighted by Gasteiger charge is 2.46. The highest BCUT2D eigenvalue weighted by atomic mass is 35.5. The molecule has 1 amide bonds. The normalized spacial score (nSPS) is 19.3. The van der Waals surface area contributed by atoms with Crippen molar-refractivity contribution in [2.75, 3.05) is 19.6 Å². The molecule has 1 fully saturated rings. The molecular weight excluding hydrogens is 368 g/mol. The van der Waals surface area contributed by atoms with Gasteiger partial charge in [0.15, 0.2) is 0 Å². The van der Waals surface area contributed by atoms with Crippen LogP contribution in [0, 0.1) is 0 Å². The molecule has 3 rings (SSSR count). The molecule has 0 aliphatic carbocycles. The number of rotatable bonds is 2.